The van der Waals surface area contributed by atoms with Gasteiger partial charge in [0.2, 0.25) is 0 Å². The molecular weight excluding hydrogens is 306 g/mol. The molecule has 0 radical (unpaired) electrons. The molecule has 132 valence electrons. The molecule has 0 aliphatic heterocycles. The molecule has 0 saturated heterocycles. The Bertz CT molecular complexity index is 573. The molecule has 5 heteroatoms. The van der Waals surface area contributed by atoms with Crippen LogP contribution in [0.25, 0.3) is 0 Å². The van der Waals surface area contributed by atoms with Crippen LogP contribution in [0.5, 0.6) is 0 Å². The maximum absolute atomic E-state index is 12.0. The van der Waals surface area contributed by atoms with Crippen LogP contribution >= 0.6 is 0 Å². The van der Waals surface area contributed by atoms with Crippen LogP contribution in [0.4, 0.5) is 4.79 Å². The highest BCUT2D eigenvalue weighted by molar-refractivity contribution is 5.87. The smallest absolute Gasteiger partial charge is 0.407 e. The van der Waals surface area contributed by atoms with Gasteiger partial charge in [-0.2, -0.15) is 0 Å². The van der Waals surface area contributed by atoms with Crippen LogP contribution in [-0.2, 0) is 20.7 Å². The summed E-state index contributed by atoms with van der Waals surface area (Å²) in [4.78, 5) is 23.5. The Morgan fingerprint density at radius 3 is 2.38 bits per heavy atom. The fourth-order valence-corrected chi connectivity index (χ4v) is 2.13. The van der Waals surface area contributed by atoms with Gasteiger partial charge in [0.15, 0.2) is 0 Å². The van der Waals surface area contributed by atoms with E-state index < -0.39 is 11.7 Å². The second-order valence-corrected chi connectivity index (χ2v) is 6.65. The maximum Gasteiger partial charge on any atom is 0.407 e. The Balaban J connectivity index is 2.79. The highest BCUT2D eigenvalue weighted by Crippen LogP contribution is 2.11. The third kappa shape index (κ3) is 7.81. The van der Waals surface area contributed by atoms with Crippen LogP contribution in [0.1, 0.15) is 39.7 Å². The van der Waals surface area contributed by atoms with Crippen molar-refractivity contribution >= 4 is 12.1 Å². The zero-order valence-electron chi connectivity index (χ0n) is 15.1. The normalized spacial score (nSPS) is 13.1. The highest BCUT2D eigenvalue weighted by atomic mass is 16.6. The van der Waals surface area contributed by atoms with E-state index in [1.54, 1.807) is 13.0 Å². The lowest BCUT2D eigenvalue weighted by Gasteiger charge is -2.23. The summed E-state index contributed by atoms with van der Waals surface area (Å²) >= 11 is 0. The molecule has 1 atom stereocenters. The molecule has 5 nitrogen and oxygen atoms in total. The van der Waals surface area contributed by atoms with Crippen LogP contribution in [0.2, 0.25) is 0 Å². The number of rotatable bonds is 6. The lowest BCUT2D eigenvalue weighted by atomic mass is 10.0. The fourth-order valence-electron chi connectivity index (χ4n) is 2.13. The van der Waals surface area contributed by atoms with Gasteiger partial charge < -0.3 is 14.8 Å². The summed E-state index contributed by atoms with van der Waals surface area (Å²) in [6, 6.07) is 9.68. The van der Waals surface area contributed by atoms with Crippen LogP contribution in [-0.4, -0.2) is 30.8 Å². The molecule has 0 unspecified atom stereocenters. The van der Waals surface area contributed by atoms with Crippen LogP contribution in [0.3, 0.4) is 0 Å². The number of alkyl carbamates (subject to hydrolysis) is 1. The zero-order chi connectivity index (χ0) is 18.2. The number of nitrogens with one attached hydrogen (secondary N) is 1. The van der Waals surface area contributed by atoms with E-state index in [4.69, 9.17) is 9.47 Å². The van der Waals surface area contributed by atoms with Crippen molar-refractivity contribution in [2.24, 2.45) is 0 Å². The van der Waals surface area contributed by atoms with Crippen molar-refractivity contribution in [3.63, 3.8) is 0 Å². The van der Waals surface area contributed by atoms with Crippen LogP contribution in [0, 0.1) is 0 Å². The first-order chi connectivity index (χ1) is 11.2. The van der Waals surface area contributed by atoms with E-state index >= 15 is 0 Å². The van der Waals surface area contributed by atoms with E-state index in [2.05, 4.69) is 5.32 Å². The molecular formula is C19H27NO4. The van der Waals surface area contributed by atoms with Crippen molar-refractivity contribution in [1.29, 1.82) is 0 Å². The molecule has 1 N–H and O–H groups in total. The lowest BCUT2D eigenvalue weighted by molar-refractivity contribution is -0.136. The molecule has 1 amide bonds. The average molecular weight is 333 g/mol. The van der Waals surface area contributed by atoms with Gasteiger partial charge in [0, 0.05) is 11.6 Å². The molecule has 0 aliphatic carbocycles. The Hall–Kier alpha value is -2.30. The molecule has 0 spiro atoms. The minimum absolute atomic E-state index is 0.179. The number of methoxy groups -OCH3 is 1. The van der Waals surface area contributed by atoms with Crippen molar-refractivity contribution in [3.05, 3.63) is 47.5 Å². The van der Waals surface area contributed by atoms with Gasteiger partial charge >= 0.3 is 12.1 Å². The zero-order valence-corrected chi connectivity index (χ0v) is 15.1. The van der Waals surface area contributed by atoms with Gasteiger partial charge in [0.1, 0.15) is 5.60 Å². The molecule has 0 aromatic heterocycles. The second kappa shape index (κ2) is 9.11. The number of benzene rings is 1. The largest absolute Gasteiger partial charge is 0.466 e. The first kappa shape index (κ1) is 19.7. The summed E-state index contributed by atoms with van der Waals surface area (Å²) in [6.07, 6.45) is 2.46. The van der Waals surface area contributed by atoms with Gasteiger partial charge in [-0.15, -0.1) is 0 Å². The molecule has 0 bridgehead atoms. The van der Waals surface area contributed by atoms with E-state index in [1.165, 1.54) is 7.11 Å². The third-order valence-electron chi connectivity index (χ3n) is 3.26. The van der Waals surface area contributed by atoms with Gasteiger partial charge in [0.25, 0.3) is 0 Å². The Kier molecular flexibility index (Phi) is 7.49. The lowest BCUT2D eigenvalue weighted by Crippen LogP contribution is -2.40. The van der Waals surface area contributed by atoms with Gasteiger partial charge in [-0.25, -0.2) is 9.59 Å². The standard InChI is InChI=1S/C19H27NO4/c1-14(17(21)23-5)11-12-16(13-15-9-7-6-8-10-15)20-18(22)24-19(2,3)4/h6-11,16H,12-13H2,1-5H3,(H,20,22)/b14-11+/t16-/m1/s1. The highest BCUT2D eigenvalue weighted by Gasteiger charge is 2.19. The monoisotopic (exact) mass is 333 g/mol. The van der Waals surface area contributed by atoms with Crippen molar-refractivity contribution in [1.82, 2.24) is 5.32 Å². The Labute approximate surface area is 144 Å². The van der Waals surface area contributed by atoms with E-state index in [9.17, 15) is 9.59 Å². The van der Waals surface area contributed by atoms with Crippen LogP contribution < -0.4 is 5.32 Å². The number of ether oxygens (including phenoxy) is 2. The minimum Gasteiger partial charge on any atom is -0.466 e. The molecule has 1 aromatic carbocycles. The predicted molar refractivity (Wildman–Crippen MR) is 93.7 cm³/mol. The average Bonchev–Trinajstić information content (AvgIpc) is 2.50. The van der Waals surface area contributed by atoms with Crippen molar-refractivity contribution < 1.29 is 19.1 Å². The maximum atomic E-state index is 12.0. The van der Waals surface area contributed by atoms with Crippen molar-refractivity contribution in [2.45, 2.75) is 52.2 Å². The molecule has 0 heterocycles. The topological polar surface area (TPSA) is 64.6 Å². The number of hydrogen-bond donors (Lipinski definition) is 1. The first-order valence-corrected chi connectivity index (χ1v) is 8.00. The van der Waals surface area contributed by atoms with E-state index in [1.807, 2.05) is 51.1 Å². The minimum atomic E-state index is -0.556. The first-order valence-electron chi connectivity index (χ1n) is 8.00. The molecule has 0 aliphatic rings. The predicted octanol–water partition coefficient (Wildman–Crippen LogP) is 3.63. The summed E-state index contributed by atoms with van der Waals surface area (Å²) in [5, 5.41) is 2.88. The molecule has 0 fully saturated rings. The summed E-state index contributed by atoms with van der Waals surface area (Å²) < 4.78 is 10.0. The molecule has 24 heavy (non-hydrogen) atoms. The number of esters is 1. The van der Waals surface area contributed by atoms with Crippen molar-refractivity contribution in [2.75, 3.05) is 7.11 Å². The summed E-state index contributed by atoms with van der Waals surface area (Å²) in [7, 11) is 1.35. The van der Waals surface area contributed by atoms with E-state index in [0.717, 1.165) is 5.56 Å². The van der Waals surface area contributed by atoms with Gasteiger partial charge in [0.05, 0.1) is 7.11 Å². The van der Waals surface area contributed by atoms with Gasteiger partial charge in [-0.05, 0) is 46.1 Å². The fraction of sp³-hybridized carbons (Fsp3) is 0.474. The van der Waals surface area contributed by atoms with E-state index in [0.29, 0.717) is 18.4 Å². The van der Waals surface area contributed by atoms with Crippen molar-refractivity contribution in [3.8, 4) is 0 Å². The summed E-state index contributed by atoms with van der Waals surface area (Å²) in [5.74, 6) is -0.370. The molecule has 0 saturated carbocycles. The third-order valence-corrected chi connectivity index (χ3v) is 3.26. The number of carbonyl (C=O) groups excluding carboxylic acids is 2. The van der Waals surface area contributed by atoms with Gasteiger partial charge in [-0.3, -0.25) is 0 Å². The number of amides is 1. The Morgan fingerprint density at radius 2 is 1.83 bits per heavy atom. The quantitative estimate of drug-likeness (QED) is 0.638. The number of carbonyl (C=O) groups is 2. The Morgan fingerprint density at radius 1 is 1.21 bits per heavy atom. The molecule has 1 rings (SSSR count). The SMILES string of the molecule is COC(=O)/C(C)=C/C[C@H](Cc1ccccc1)NC(=O)OC(C)(C)C. The summed E-state index contributed by atoms with van der Waals surface area (Å²) in [6.45, 7) is 7.15. The number of hydrogen-bond acceptors (Lipinski definition) is 4. The summed E-state index contributed by atoms with van der Waals surface area (Å²) in [5.41, 5.74) is 1.06. The second-order valence-electron chi connectivity index (χ2n) is 6.65. The van der Waals surface area contributed by atoms with E-state index in [-0.39, 0.29) is 12.0 Å². The van der Waals surface area contributed by atoms with Crippen LogP contribution in [0.15, 0.2) is 42.0 Å². The van der Waals surface area contributed by atoms with Gasteiger partial charge in [-0.1, -0.05) is 36.4 Å². The molecule has 1 aromatic rings.